The Morgan fingerprint density at radius 2 is 1.57 bits per heavy atom. The van der Waals surface area contributed by atoms with Crippen molar-refractivity contribution in [1.82, 2.24) is 10.2 Å². The summed E-state index contributed by atoms with van der Waals surface area (Å²) in [6.45, 7) is 3.41. The number of carbonyl (C=O) groups is 1. The fraction of sp³-hybridized carbons (Fsp3) is 0.350. The lowest BCUT2D eigenvalue weighted by molar-refractivity contribution is 0.0620. The van der Waals surface area contributed by atoms with Gasteiger partial charge in [-0.25, -0.2) is 0 Å². The molecule has 1 amide bonds. The van der Waals surface area contributed by atoms with Crippen LogP contribution < -0.4 is 5.32 Å². The minimum atomic E-state index is 0.0587. The first-order chi connectivity index (χ1) is 11.3. The zero-order valence-electron chi connectivity index (χ0n) is 13.2. The molecule has 2 aromatic carbocycles. The molecule has 3 fully saturated rings. The van der Waals surface area contributed by atoms with E-state index in [-0.39, 0.29) is 5.91 Å². The van der Waals surface area contributed by atoms with Crippen molar-refractivity contribution < 1.29 is 4.79 Å². The van der Waals surface area contributed by atoms with Crippen molar-refractivity contribution >= 4 is 5.91 Å². The molecule has 3 aliphatic heterocycles. The van der Waals surface area contributed by atoms with Gasteiger partial charge >= 0.3 is 0 Å². The number of hydrogen-bond donors (Lipinski definition) is 1. The number of hydrogen-bond acceptors (Lipinski definition) is 2. The van der Waals surface area contributed by atoms with E-state index in [9.17, 15) is 4.79 Å². The van der Waals surface area contributed by atoms with Crippen LogP contribution in [0.1, 0.15) is 23.2 Å². The number of amides is 1. The summed E-state index contributed by atoms with van der Waals surface area (Å²) in [5.74, 6) is 0.718. The number of benzene rings is 2. The zero-order chi connectivity index (χ0) is 15.6. The van der Waals surface area contributed by atoms with Gasteiger partial charge in [-0.2, -0.15) is 0 Å². The van der Waals surface area contributed by atoms with Crippen LogP contribution in [-0.4, -0.2) is 36.5 Å². The first kappa shape index (κ1) is 14.5. The number of nitrogens with one attached hydrogen (secondary N) is 1. The van der Waals surface area contributed by atoms with Gasteiger partial charge in [0.15, 0.2) is 0 Å². The molecule has 3 heterocycles. The van der Waals surface area contributed by atoms with Crippen LogP contribution in [0.5, 0.6) is 0 Å². The number of nitrogens with zero attached hydrogens (tertiary/aromatic N) is 1. The first-order valence-electron chi connectivity index (χ1n) is 8.48. The van der Waals surface area contributed by atoms with Crippen LogP contribution in [-0.2, 0) is 0 Å². The average molecular weight is 306 g/mol. The molecule has 1 N–H and O–H groups in total. The van der Waals surface area contributed by atoms with Gasteiger partial charge in [-0.15, -0.1) is 0 Å². The van der Waals surface area contributed by atoms with Gasteiger partial charge in [-0.1, -0.05) is 42.5 Å². The van der Waals surface area contributed by atoms with E-state index in [0.29, 0.717) is 12.0 Å². The van der Waals surface area contributed by atoms with Crippen LogP contribution >= 0.6 is 0 Å². The van der Waals surface area contributed by atoms with Crippen molar-refractivity contribution in [3.8, 4) is 11.1 Å². The second kappa shape index (κ2) is 6.17. The van der Waals surface area contributed by atoms with Gasteiger partial charge in [0.25, 0.3) is 5.91 Å². The van der Waals surface area contributed by atoms with Gasteiger partial charge in [0.05, 0.1) is 0 Å². The highest BCUT2D eigenvalue weighted by atomic mass is 16.1. The Kier molecular flexibility index (Phi) is 3.88. The molecule has 3 nitrogen and oxygen atoms in total. The highest BCUT2D eigenvalue weighted by Crippen LogP contribution is 2.27. The van der Waals surface area contributed by atoms with Crippen molar-refractivity contribution in [3.05, 3.63) is 60.2 Å². The number of fused-ring (bicyclic) bond motifs is 3. The van der Waals surface area contributed by atoms with Crippen LogP contribution in [0, 0.1) is 5.92 Å². The van der Waals surface area contributed by atoms with Crippen LogP contribution in [0.25, 0.3) is 11.1 Å². The summed E-state index contributed by atoms with van der Waals surface area (Å²) in [5.41, 5.74) is 3.07. The third-order valence-corrected chi connectivity index (χ3v) is 5.23. The smallest absolute Gasteiger partial charge is 0.251 e. The maximum atomic E-state index is 12.5. The van der Waals surface area contributed by atoms with Crippen molar-refractivity contribution in [3.63, 3.8) is 0 Å². The van der Waals surface area contributed by atoms with Crippen molar-refractivity contribution in [2.45, 2.75) is 18.9 Å². The molecular formula is C20H22N2O. The quantitative estimate of drug-likeness (QED) is 0.944. The van der Waals surface area contributed by atoms with Crippen LogP contribution in [0.3, 0.4) is 0 Å². The molecule has 2 bridgehead atoms. The fourth-order valence-corrected chi connectivity index (χ4v) is 3.82. The Hall–Kier alpha value is -2.13. The summed E-state index contributed by atoms with van der Waals surface area (Å²) in [7, 11) is 0. The minimum absolute atomic E-state index is 0.0587. The average Bonchev–Trinajstić information content (AvgIpc) is 2.63. The van der Waals surface area contributed by atoms with E-state index in [2.05, 4.69) is 22.3 Å². The van der Waals surface area contributed by atoms with Gasteiger partial charge < -0.3 is 10.2 Å². The van der Waals surface area contributed by atoms with Gasteiger partial charge in [-0.05, 0) is 55.1 Å². The Labute approximate surface area is 137 Å². The van der Waals surface area contributed by atoms with E-state index >= 15 is 0 Å². The van der Waals surface area contributed by atoms with Gasteiger partial charge in [0.2, 0.25) is 0 Å². The monoisotopic (exact) mass is 306 g/mol. The molecule has 0 saturated carbocycles. The lowest BCUT2D eigenvalue weighted by Crippen LogP contribution is -2.57. The van der Waals surface area contributed by atoms with E-state index in [4.69, 9.17) is 0 Å². The minimum Gasteiger partial charge on any atom is -0.348 e. The van der Waals surface area contributed by atoms with Crippen molar-refractivity contribution in [2.24, 2.45) is 5.92 Å². The first-order valence-corrected chi connectivity index (χ1v) is 8.48. The van der Waals surface area contributed by atoms with Gasteiger partial charge in [0, 0.05) is 18.2 Å². The molecule has 0 aromatic heterocycles. The number of piperidine rings is 3. The van der Waals surface area contributed by atoms with E-state index < -0.39 is 0 Å². The summed E-state index contributed by atoms with van der Waals surface area (Å²) < 4.78 is 0. The summed E-state index contributed by atoms with van der Waals surface area (Å²) in [6, 6.07) is 18.5. The summed E-state index contributed by atoms with van der Waals surface area (Å²) >= 11 is 0. The van der Waals surface area contributed by atoms with Crippen LogP contribution in [0.15, 0.2) is 54.6 Å². The molecule has 0 aliphatic carbocycles. The summed E-state index contributed by atoms with van der Waals surface area (Å²) in [5, 5.41) is 3.25. The normalized spacial score (nSPS) is 26.0. The summed E-state index contributed by atoms with van der Waals surface area (Å²) in [4.78, 5) is 15.0. The molecule has 0 radical (unpaired) electrons. The van der Waals surface area contributed by atoms with E-state index in [1.807, 2.05) is 42.5 Å². The number of carbonyl (C=O) groups excluding carboxylic acids is 1. The van der Waals surface area contributed by atoms with Crippen molar-refractivity contribution in [1.29, 1.82) is 0 Å². The molecule has 3 saturated heterocycles. The zero-order valence-corrected chi connectivity index (χ0v) is 13.2. The van der Waals surface area contributed by atoms with E-state index in [1.165, 1.54) is 31.5 Å². The predicted molar refractivity (Wildman–Crippen MR) is 92.3 cm³/mol. The molecule has 3 aliphatic rings. The SMILES string of the molecule is O=C(N[C@@H]1CN2CCC1CC2)c1ccc(-c2ccccc2)cc1. The van der Waals surface area contributed by atoms with Gasteiger partial charge in [-0.3, -0.25) is 4.79 Å². The molecule has 23 heavy (non-hydrogen) atoms. The molecule has 1 atom stereocenters. The predicted octanol–water partition coefficient (Wildman–Crippen LogP) is 3.18. The molecule has 3 heteroatoms. The molecule has 2 aromatic rings. The lowest BCUT2D eigenvalue weighted by Gasteiger charge is -2.44. The van der Waals surface area contributed by atoms with Gasteiger partial charge in [0.1, 0.15) is 0 Å². The Balaban J connectivity index is 1.45. The maximum Gasteiger partial charge on any atom is 0.251 e. The third-order valence-electron chi connectivity index (χ3n) is 5.23. The Bertz CT molecular complexity index is 673. The second-order valence-corrected chi connectivity index (χ2v) is 6.66. The maximum absolute atomic E-state index is 12.5. The highest BCUT2D eigenvalue weighted by molar-refractivity contribution is 5.94. The largest absolute Gasteiger partial charge is 0.348 e. The molecule has 5 rings (SSSR count). The Morgan fingerprint density at radius 1 is 0.913 bits per heavy atom. The van der Waals surface area contributed by atoms with E-state index in [0.717, 1.165) is 17.7 Å². The Morgan fingerprint density at radius 3 is 2.17 bits per heavy atom. The van der Waals surface area contributed by atoms with Crippen LogP contribution in [0.4, 0.5) is 0 Å². The molecular weight excluding hydrogens is 284 g/mol. The van der Waals surface area contributed by atoms with Crippen LogP contribution in [0.2, 0.25) is 0 Å². The molecule has 0 unspecified atom stereocenters. The molecule has 0 spiro atoms. The standard InChI is InChI=1S/C20H22N2O/c23-20(21-19-14-22-12-10-17(19)11-13-22)18-8-6-16(7-9-18)15-4-2-1-3-5-15/h1-9,17,19H,10-14H2,(H,21,23)/t19-/m1/s1. The van der Waals surface area contributed by atoms with Crippen molar-refractivity contribution in [2.75, 3.05) is 19.6 Å². The fourth-order valence-electron chi connectivity index (χ4n) is 3.82. The third kappa shape index (κ3) is 3.02. The second-order valence-electron chi connectivity index (χ2n) is 6.66. The lowest BCUT2D eigenvalue weighted by atomic mass is 9.84. The van der Waals surface area contributed by atoms with E-state index in [1.54, 1.807) is 0 Å². The highest BCUT2D eigenvalue weighted by Gasteiger charge is 2.34. The summed E-state index contributed by atoms with van der Waals surface area (Å²) in [6.07, 6.45) is 2.44. The number of rotatable bonds is 3. The molecule has 118 valence electrons. The topological polar surface area (TPSA) is 32.3 Å².